The van der Waals surface area contributed by atoms with Gasteiger partial charge >= 0.3 is 5.97 Å². The number of rotatable bonds is 5. The van der Waals surface area contributed by atoms with Gasteiger partial charge in [-0.15, -0.1) is 0 Å². The van der Waals surface area contributed by atoms with Crippen LogP contribution in [0.3, 0.4) is 0 Å². The molecule has 0 radical (unpaired) electrons. The lowest BCUT2D eigenvalue weighted by Crippen LogP contribution is -2.23. The number of ether oxygens (including phenoxy) is 2. The maximum absolute atomic E-state index is 11.7. The topological polar surface area (TPSA) is 68.4 Å². The van der Waals surface area contributed by atoms with E-state index in [9.17, 15) is 9.59 Å². The Morgan fingerprint density at radius 3 is 2.65 bits per heavy atom. The maximum atomic E-state index is 11.7. The van der Waals surface area contributed by atoms with Crippen LogP contribution in [0.1, 0.15) is 35.5 Å². The molecule has 94 valence electrons. The van der Waals surface area contributed by atoms with Gasteiger partial charge in [0, 0.05) is 12.3 Å². The van der Waals surface area contributed by atoms with Crippen LogP contribution in [-0.2, 0) is 16.1 Å². The summed E-state index contributed by atoms with van der Waals surface area (Å²) in [7, 11) is 0. The minimum atomic E-state index is -0.608. The van der Waals surface area contributed by atoms with Crippen LogP contribution in [0.5, 0.6) is 0 Å². The number of carbonyl (C=O) groups is 1. The lowest BCUT2D eigenvalue weighted by Gasteiger charge is -2.09. The van der Waals surface area contributed by atoms with E-state index in [2.05, 4.69) is 4.98 Å². The Morgan fingerprint density at radius 2 is 2.06 bits per heavy atom. The van der Waals surface area contributed by atoms with Crippen molar-refractivity contribution in [2.75, 3.05) is 13.2 Å². The lowest BCUT2D eigenvalue weighted by atomic mass is 10.1. The lowest BCUT2D eigenvalue weighted by molar-refractivity contribution is 0.0517. The van der Waals surface area contributed by atoms with E-state index in [0.717, 1.165) is 0 Å². The molecule has 0 atom stereocenters. The van der Waals surface area contributed by atoms with Gasteiger partial charge in [-0.3, -0.25) is 4.79 Å². The van der Waals surface area contributed by atoms with Crippen molar-refractivity contribution in [2.45, 2.75) is 27.4 Å². The first kappa shape index (κ1) is 13.4. The molecule has 0 aliphatic rings. The molecule has 17 heavy (non-hydrogen) atoms. The number of aryl methyl sites for hydroxylation is 1. The monoisotopic (exact) mass is 239 g/mol. The van der Waals surface area contributed by atoms with Gasteiger partial charge in [0.25, 0.3) is 5.56 Å². The highest BCUT2D eigenvalue weighted by Gasteiger charge is 2.17. The zero-order chi connectivity index (χ0) is 12.8. The fraction of sp³-hybridized carbons (Fsp3) is 0.500. The molecular formula is C12H17NO4. The van der Waals surface area contributed by atoms with Gasteiger partial charge in [-0.05, 0) is 32.4 Å². The average molecular weight is 239 g/mol. The van der Waals surface area contributed by atoms with E-state index >= 15 is 0 Å². The molecule has 1 N–H and O–H groups in total. The molecule has 0 fully saturated rings. The van der Waals surface area contributed by atoms with Gasteiger partial charge in [0.1, 0.15) is 5.56 Å². The van der Waals surface area contributed by atoms with E-state index in [1.54, 1.807) is 19.9 Å². The van der Waals surface area contributed by atoms with Crippen LogP contribution in [-0.4, -0.2) is 24.2 Å². The first-order valence-corrected chi connectivity index (χ1v) is 5.57. The van der Waals surface area contributed by atoms with Gasteiger partial charge in [-0.1, -0.05) is 0 Å². The van der Waals surface area contributed by atoms with Crippen LogP contribution < -0.4 is 5.56 Å². The fourth-order valence-corrected chi connectivity index (χ4v) is 1.51. The SMILES string of the molecule is CCOCc1cc(C)[nH]c(=O)c1C(=O)OCC. The molecule has 0 unspecified atom stereocenters. The van der Waals surface area contributed by atoms with E-state index < -0.39 is 11.5 Å². The number of esters is 1. The molecular weight excluding hydrogens is 222 g/mol. The molecule has 0 amide bonds. The number of pyridine rings is 1. The number of aromatic amines is 1. The van der Waals surface area contributed by atoms with E-state index in [-0.39, 0.29) is 18.8 Å². The van der Waals surface area contributed by atoms with Gasteiger partial charge in [0.05, 0.1) is 13.2 Å². The summed E-state index contributed by atoms with van der Waals surface area (Å²) in [5.74, 6) is -0.608. The number of H-pyrrole nitrogens is 1. The van der Waals surface area contributed by atoms with E-state index in [1.807, 2.05) is 6.92 Å². The summed E-state index contributed by atoms with van der Waals surface area (Å²) in [5.41, 5.74) is 0.855. The van der Waals surface area contributed by atoms with Crippen molar-refractivity contribution in [3.8, 4) is 0 Å². The summed E-state index contributed by atoms with van der Waals surface area (Å²) >= 11 is 0. The summed E-state index contributed by atoms with van der Waals surface area (Å²) in [6.45, 7) is 6.29. The molecule has 1 rings (SSSR count). The van der Waals surface area contributed by atoms with Crippen LogP contribution in [0.4, 0.5) is 0 Å². The normalized spacial score (nSPS) is 10.3. The second-order valence-electron chi connectivity index (χ2n) is 3.54. The van der Waals surface area contributed by atoms with E-state index in [4.69, 9.17) is 9.47 Å². The summed E-state index contributed by atoms with van der Waals surface area (Å²) in [4.78, 5) is 26.0. The quantitative estimate of drug-likeness (QED) is 0.788. The summed E-state index contributed by atoms with van der Waals surface area (Å²) in [6, 6.07) is 1.73. The number of nitrogens with one attached hydrogen (secondary N) is 1. The molecule has 0 aromatic carbocycles. The standard InChI is InChI=1S/C12H17NO4/c1-4-16-7-9-6-8(3)13-11(14)10(9)12(15)17-5-2/h6H,4-5,7H2,1-3H3,(H,13,14). The molecule has 0 aliphatic carbocycles. The minimum Gasteiger partial charge on any atom is -0.462 e. The predicted octanol–water partition coefficient (Wildman–Crippen LogP) is 1.40. The van der Waals surface area contributed by atoms with Crippen molar-refractivity contribution in [3.63, 3.8) is 0 Å². The summed E-state index contributed by atoms with van der Waals surface area (Å²) < 4.78 is 10.1. The Hall–Kier alpha value is -1.62. The molecule has 5 heteroatoms. The van der Waals surface area contributed by atoms with Crippen LogP contribution in [0.2, 0.25) is 0 Å². The Balaban J connectivity index is 3.15. The van der Waals surface area contributed by atoms with Gasteiger partial charge in [0.15, 0.2) is 0 Å². The zero-order valence-electron chi connectivity index (χ0n) is 10.3. The molecule has 0 saturated carbocycles. The van der Waals surface area contributed by atoms with Crippen LogP contribution in [0.15, 0.2) is 10.9 Å². The number of carbonyl (C=O) groups excluding carboxylic acids is 1. The first-order valence-electron chi connectivity index (χ1n) is 5.57. The Kier molecular flexibility index (Phi) is 4.90. The molecule has 0 bridgehead atoms. The van der Waals surface area contributed by atoms with Crippen molar-refractivity contribution in [2.24, 2.45) is 0 Å². The highest BCUT2D eigenvalue weighted by molar-refractivity contribution is 5.90. The molecule has 0 spiro atoms. The Morgan fingerprint density at radius 1 is 1.35 bits per heavy atom. The number of aromatic nitrogens is 1. The second kappa shape index (κ2) is 6.20. The van der Waals surface area contributed by atoms with E-state index in [0.29, 0.717) is 17.9 Å². The Bertz CT molecular complexity index is 450. The second-order valence-corrected chi connectivity index (χ2v) is 3.54. The van der Waals surface area contributed by atoms with Crippen LogP contribution in [0.25, 0.3) is 0 Å². The van der Waals surface area contributed by atoms with Gasteiger partial charge in [-0.25, -0.2) is 4.79 Å². The van der Waals surface area contributed by atoms with Gasteiger partial charge in [-0.2, -0.15) is 0 Å². The van der Waals surface area contributed by atoms with Gasteiger partial charge in [0.2, 0.25) is 0 Å². The van der Waals surface area contributed by atoms with Crippen LogP contribution in [0, 0.1) is 6.92 Å². The third-order valence-electron chi connectivity index (χ3n) is 2.19. The minimum absolute atomic E-state index is 0.0332. The highest BCUT2D eigenvalue weighted by atomic mass is 16.5. The Labute approximate surface area is 99.8 Å². The smallest absolute Gasteiger partial charge is 0.344 e. The van der Waals surface area contributed by atoms with Crippen molar-refractivity contribution < 1.29 is 14.3 Å². The highest BCUT2D eigenvalue weighted by Crippen LogP contribution is 2.09. The fourth-order valence-electron chi connectivity index (χ4n) is 1.51. The summed E-state index contributed by atoms with van der Waals surface area (Å²) in [5, 5.41) is 0. The largest absolute Gasteiger partial charge is 0.462 e. The molecule has 1 heterocycles. The molecule has 1 aromatic rings. The van der Waals surface area contributed by atoms with Crippen molar-refractivity contribution in [1.82, 2.24) is 4.98 Å². The third-order valence-corrected chi connectivity index (χ3v) is 2.19. The predicted molar refractivity (Wildman–Crippen MR) is 63.1 cm³/mol. The maximum Gasteiger partial charge on any atom is 0.344 e. The zero-order valence-corrected chi connectivity index (χ0v) is 10.3. The van der Waals surface area contributed by atoms with Crippen molar-refractivity contribution in [3.05, 3.63) is 33.2 Å². The summed E-state index contributed by atoms with van der Waals surface area (Å²) in [6.07, 6.45) is 0. The molecule has 0 aliphatic heterocycles. The number of hydrogen-bond donors (Lipinski definition) is 1. The average Bonchev–Trinajstić information content (AvgIpc) is 2.25. The third kappa shape index (κ3) is 3.42. The van der Waals surface area contributed by atoms with Crippen LogP contribution >= 0.6 is 0 Å². The van der Waals surface area contributed by atoms with E-state index in [1.165, 1.54) is 0 Å². The van der Waals surface area contributed by atoms with Crippen molar-refractivity contribution in [1.29, 1.82) is 0 Å². The van der Waals surface area contributed by atoms with Crippen molar-refractivity contribution >= 4 is 5.97 Å². The molecule has 0 saturated heterocycles. The molecule has 5 nitrogen and oxygen atoms in total. The first-order chi connectivity index (χ1) is 8.10. The molecule has 1 aromatic heterocycles. The van der Waals surface area contributed by atoms with Gasteiger partial charge < -0.3 is 14.5 Å². The number of hydrogen-bond acceptors (Lipinski definition) is 4.